The third kappa shape index (κ3) is 5.65. The molecule has 1 N–H and O–H groups in total. The fraction of sp³-hybridized carbons (Fsp3) is 0.238. The van der Waals surface area contributed by atoms with Crippen molar-refractivity contribution in [3.63, 3.8) is 0 Å². The Bertz CT molecular complexity index is 1120. The highest BCUT2D eigenvalue weighted by Gasteiger charge is 2.14. The topological polar surface area (TPSA) is 90.6 Å². The Balaban J connectivity index is 1.62. The van der Waals surface area contributed by atoms with Gasteiger partial charge in [-0.3, -0.25) is 4.79 Å². The summed E-state index contributed by atoms with van der Waals surface area (Å²) in [6, 6.07) is 13.2. The van der Waals surface area contributed by atoms with E-state index in [1.54, 1.807) is 27.2 Å². The molecule has 162 valence electrons. The van der Waals surface area contributed by atoms with Crippen molar-refractivity contribution >= 4 is 39.3 Å². The number of halogens is 1. The number of rotatable bonds is 8. The van der Waals surface area contributed by atoms with Gasteiger partial charge in [0.05, 0.1) is 25.7 Å². The quantitative estimate of drug-likeness (QED) is 0.284. The fourth-order valence-corrected chi connectivity index (χ4v) is 3.89. The van der Waals surface area contributed by atoms with Crippen LogP contribution in [0.3, 0.4) is 0 Å². The van der Waals surface area contributed by atoms with E-state index in [9.17, 15) is 4.79 Å². The van der Waals surface area contributed by atoms with Crippen molar-refractivity contribution in [1.29, 1.82) is 0 Å². The molecule has 1 aromatic heterocycles. The predicted octanol–water partition coefficient (Wildman–Crippen LogP) is 3.89. The van der Waals surface area contributed by atoms with Crippen molar-refractivity contribution in [2.45, 2.75) is 12.1 Å². The number of benzene rings is 2. The maximum atomic E-state index is 12.3. The first kappa shape index (κ1) is 22.8. The maximum absolute atomic E-state index is 12.3. The molecule has 0 saturated carbocycles. The zero-order chi connectivity index (χ0) is 22.4. The number of ether oxygens (including phenoxy) is 2. The molecule has 0 fully saturated rings. The van der Waals surface area contributed by atoms with Gasteiger partial charge in [-0.1, -0.05) is 39.8 Å². The first-order valence-corrected chi connectivity index (χ1v) is 11.0. The molecule has 0 saturated heterocycles. The number of carbonyl (C=O) groups excluding carboxylic acids is 1. The highest BCUT2D eigenvalue weighted by molar-refractivity contribution is 9.10. The van der Waals surface area contributed by atoms with Gasteiger partial charge in [0.2, 0.25) is 0 Å². The van der Waals surface area contributed by atoms with Gasteiger partial charge in [-0.25, -0.2) is 5.43 Å². The molecule has 10 heteroatoms. The third-order valence-electron chi connectivity index (χ3n) is 4.40. The van der Waals surface area contributed by atoms with Gasteiger partial charge >= 0.3 is 0 Å². The molecule has 1 heterocycles. The number of thioether (sulfide) groups is 1. The molecule has 0 aliphatic rings. The fourth-order valence-electron chi connectivity index (χ4n) is 2.79. The third-order valence-corrected chi connectivity index (χ3v) is 5.91. The van der Waals surface area contributed by atoms with Crippen LogP contribution in [0.4, 0.5) is 0 Å². The van der Waals surface area contributed by atoms with Crippen LogP contribution in [0.2, 0.25) is 0 Å². The van der Waals surface area contributed by atoms with E-state index < -0.39 is 0 Å². The van der Waals surface area contributed by atoms with Gasteiger partial charge in [0.15, 0.2) is 11.0 Å². The average Bonchev–Trinajstić information content (AvgIpc) is 3.15. The van der Waals surface area contributed by atoms with Gasteiger partial charge in [-0.15, -0.1) is 10.2 Å². The number of methoxy groups -OCH3 is 2. The van der Waals surface area contributed by atoms with Gasteiger partial charge in [-0.05, 0) is 31.2 Å². The summed E-state index contributed by atoms with van der Waals surface area (Å²) in [5, 5.41) is 13.3. The number of amides is 1. The number of carbonyl (C=O) groups is 1. The second kappa shape index (κ2) is 10.5. The molecule has 0 aliphatic heterocycles. The lowest BCUT2D eigenvalue weighted by molar-refractivity contribution is -0.118. The summed E-state index contributed by atoms with van der Waals surface area (Å²) in [4.78, 5) is 12.3. The standard InChI is InChI=1S/C21H22BrN5O3S/c1-13(17-9-8-16(29-3)11-18(17)30-4)23-24-19(28)12-31-21-26-25-20(27(21)2)14-6-5-7-15(22)10-14/h5-11H,12H2,1-4H3,(H,24,28)/b23-13+. The van der Waals surface area contributed by atoms with E-state index in [1.807, 2.05) is 48.0 Å². The van der Waals surface area contributed by atoms with Crippen molar-refractivity contribution in [3.05, 3.63) is 52.5 Å². The molecular formula is C21H22BrN5O3S. The minimum atomic E-state index is -0.246. The average molecular weight is 504 g/mol. The molecule has 2 aromatic carbocycles. The van der Waals surface area contributed by atoms with Gasteiger partial charge in [0, 0.05) is 28.7 Å². The molecule has 0 aliphatic carbocycles. The molecule has 0 atom stereocenters. The first-order chi connectivity index (χ1) is 14.9. The zero-order valence-electron chi connectivity index (χ0n) is 17.5. The summed E-state index contributed by atoms with van der Waals surface area (Å²) >= 11 is 4.75. The van der Waals surface area contributed by atoms with E-state index in [-0.39, 0.29) is 11.7 Å². The van der Waals surface area contributed by atoms with Crippen LogP contribution >= 0.6 is 27.7 Å². The van der Waals surface area contributed by atoms with Gasteiger partial charge in [0.25, 0.3) is 5.91 Å². The first-order valence-electron chi connectivity index (χ1n) is 9.26. The smallest absolute Gasteiger partial charge is 0.250 e. The second-order valence-corrected chi connectivity index (χ2v) is 8.32. The van der Waals surface area contributed by atoms with Crippen molar-refractivity contribution in [2.75, 3.05) is 20.0 Å². The monoisotopic (exact) mass is 503 g/mol. The largest absolute Gasteiger partial charge is 0.497 e. The Morgan fingerprint density at radius 2 is 2.00 bits per heavy atom. The van der Waals surface area contributed by atoms with Crippen LogP contribution in [0.25, 0.3) is 11.4 Å². The van der Waals surface area contributed by atoms with Crippen molar-refractivity contribution in [2.24, 2.45) is 12.1 Å². The predicted molar refractivity (Wildman–Crippen MR) is 125 cm³/mol. The van der Waals surface area contributed by atoms with Crippen molar-refractivity contribution in [3.8, 4) is 22.9 Å². The van der Waals surface area contributed by atoms with Crippen LogP contribution in [0.5, 0.6) is 11.5 Å². The van der Waals surface area contributed by atoms with Crippen LogP contribution in [0.1, 0.15) is 12.5 Å². The Kier molecular flexibility index (Phi) is 7.69. The van der Waals surface area contributed by atoms with E-state index in [2.05, 4.69) is 36.7 Å². The minimum absolute atomic E-state index is 0.154. The highest BCUT2D eigenvalue weighted by Crippen LogP contribution is 2.26. The normalized spacial score (nSPS) is 11.3. The molecule has 0 unspecified atom stereocenters. The summed E-state index contributed by atoms with van der Waals surface area (Å²) in [5.74, 6) is 1.93. The Morgan fingerprint density at radius 3 is 2.71 bits per heavy atom. The number of hydrogen-bond acceptors (Lipinski definition) is 7. The number of nitrogens with zero attached hydrogens (tertiary/aromatic N) is 4. The summed E-state index contributed by atoms with van der Waals surface area (Å²) in [5.41, 5.74) is 4.90. The van der Waals surface area contributed by atoms with E-state index in [0.29, 0.717) is 22.4 Å². The Morgan fingerprint density at radius 1 is 1.19 bits per heavy atom. The summed E-state index contributed by atoms with van der Waals surface area (Å²) in [6.07, 6.45) is 0. The molecule has 8 nitrogen and oxygen atoms in total. The van der Waals surface area contributed by atoms with Crippen LogP contribution in [-0.2, 0) is 11.8 Å². The van der Waals surface area contributed by atoms with Gasteiger partial charge < -0.3 is 14.0 Å². The molecule has 0 bridgehead atoms. The van der Waals surface area contributed by atoms with Crippen LogP contribution in [0.15, 0.2) is 57.2 Å². The van der Waals surface area contributed by atoms with Crippen LogP contribution < -0.4 is 14.9 Å². The molecular weight excluding hydrogens is 482 g/mol. The molecule has 3 aromatic rings. The van der Waals surface area contributed by atoms with E-state index >= 15 is 0 Å². The SMILES string of the molecule is COc1ccc(/C(C)=N/NC(=O)CSc2nnc(-c3cccc(Br)c3)n2C)c(OC)c1. The van der Waals surface area contributed by atoms with Crippen LogP contribution in [-0.4, -0.2) is 46.4 Å². The number of aromatic nitrogens is 3. The second-order valence-electron chi connectivity index (χ2n) is 6.46. The molecule has 3 rings (SSSR count). The number of hydrazone groups is 1. The lowest BCUT2D eigenvalue weighted by Gasteiger charge is -2.10. The van der Waals surface area contributed by atoms with Crippen molar-refractivity contribution in [1.82, 2.24) is 20.2 Å². The molecule has 31 heavy (non-hydrogen) atoms. The van der Waals surface area contributed by atoms with E-state index in [1.165, 1.54) is 11.8 Å². The molecule has 0 radical (unpaired) electrons. The Labute approximate surface area is 193 Å². The minimum Gasteiger partial charge on any atom is -0.497 e. The summed E-state index contributed by atoms with van der Waals surface area (Å²) in [7, 11) is 5.03. The maximum Gasteiger partial charge on any atom is 0.250 e. The van der Waals surface area contributed by atoms with Crippen LogP contribution in [0, 0.1) is 0 Å². The van der Waals surface area contributed by atoms with Gasteiger partial charge in [-0.2, -0.15) is 5.10 Å². The number of hydrogen-bond donors (Lipinski definition) is 1. The lowest BCUT2D eigenvalue weighted by atomic mass is 10.1. The lowest BCUT2D eigenvalue weighted by Crippen LogP contribution is -2.21. The zero-order valence-corrected chi connectivity index (χ0v) is 20.0. The van der Waals surface area contributed by atoms with Gasteiger partial charge in [0.1, 0.15) is 11.5 Å². The summed E-state index contributed by atoms with van der Waals surface area (Å²) in [6.45, 7) is 1.80. The molecule has 1 amide bonds. The summed E-state index contributed by atoms with van der Waals surface area (Å²) < 4.78 is 13.4. The van der Waals surface area contributed by atoms with E-state index in [4.69, 9.17) is 9.47 Å². The van der Waals surface area contributed by atoms with Crippen molar-refractivity contribution < 1.29 is 14.3 Å². The highest BCUT2D eigenvalue weighted by atomic mass is 79.9. The number of nitrogens with one attached hydrogen (secondary N) is 1. The molecule has 0 spiro atoms. The Hall–Kier alpha value is -2.85. The van der Waals surface area contributed by atoms with E-state index in [0.717, 1.165) is 21.4 Å².